The Balaban J connectivity index is 2.23. The summed E-state index contributed by atoms with van der Waals surface area (Å²) < 4.78 is 8.57. The predicted molar refractivity (Wildman–Crippen MR) is 51.5 cm³/mol. The quantitative estimate of drug-likeness (QED) is 0.741. The molecule has 1 unspecified atom stereocenters. The normalized spacial score (nSPS) is 21.2. The number of benzene rings is 1. The molecular weight excluding hydrogens is 218 g/mol. The molecule has 3 heteroatoms. The van der Waals surface area contributed by atoms with E-state index in [1.165, 1.54) is 5.56 Å². The van der Waals surface area contributed by atoms with Crippen LogP contribution in [0.3, 0.4) is 0 Å². The van der Waals surface area contributed by atoms with Gasteiger partial charge in [0.1, 0.15) is 12.4 Å². The molecule has 1 heterocycles. The molecule has 0 amide bonds. The number of nitrogens with one attached hydrogen (secondary N) is 1. The van der Waals surface area contributed by atoms with Crippen molar-refractivity contribution in [1.82, 2.24) is 4.34 Å². The van der Waals surface area contributed by atoms with E-state index in [-0.39, 0.29) is 0 Å². The van der Waals surface area contributed by atoms with Gasteiger partial charge in [-0.15, -0.1) is 0 Å². The van der Waals surface area contributed by atoms with Crippen molar-refractivity contribution in [3.8, 4) is 5.75 Å². The molecule has 0 saturated heterocycles. The minimum absolute atomic E-state index is 0.389. The number of halogens is 1. The first-order chi connectivity index (χ1) is 5.90. The molecule has 0 aromatic heterocycles. The third-order valence-electron chi connectivity index (χ3n) is 2.03. The summed E-state index contributed by atoms with van der Waals surface area (Å²) in [6, 6.07) is 8.55. The number of fused-ring (bicyclic) bond motifs is 1. The molecule has 0 fully saturated rings. The van der Waals surface area contributed by atoms with E-state index in [1.54, 1.807) is 0 Å². The van der Waals surface area contributed by atoms with E-state index in [4.69, 9.17) is 4.74 Å². The Morgan fingerprint density at radius 3 is 3.08 bits per heavy atom. The van der Waals surface area contributed by atoms with E-state index in [9.17, 15) is 0 Å². The van der Waals surface area contributed by atoms with Crippen LogP contribution in [-0.4, -0.2) is 12.6 Å². The average Bonchev–Trinajstić information content (AvgIpc) is 2.17. The highest BCUT2D eigenvalue weighted by Gasteiger charge is 2.17. The van der Waals surface area contributed by atoms with Gasteiger partial charge in [0.25, 0.3) is 0 Å². The van der Waals surface area contributed by atoms with Crippen LogP contribution in [0.1, 0.15) is 5.56 Å². The van der Waals surface area contributed by atoms with Crippen LogP contribution in [0.15, 0.2) is 24.3 Å². The Hall–Kier alpha value is -0.540. The van der Waals surface area contributed by atoms with Gasteiger partial charge < -0.3 is 4.74 Å². The van der Waals surface area contributed by atoms with E-state index in [0.29, 0.717) is 6.04 Å². The van der Waals surface area contributed by atoms with Gasteiger partial charge in [-0.1, -0.05) is 18.2 Å². The first kappa shape index (κ1) is 8.08. The first-order valence-electron chi connectivity index (χ1n) is 3.97. The lowest BCUT2D eigenvalue weighted by atomic mass is 10.0. The monoisotopic (exact) mass is 227 g/mol. The molecule has 1 aliphatic rings. The summed E-state index contributed by atoms with van der Waals surface area (Å²) in [6.07, 6.45) is 1.03. The maximum atomic E-state index is 5.53. The summed E-state index contributed by atoms with van der Waals surface area (Å²) in [6.45, 7) is 0.738. The van der Waals surface area contributed by atoms with Crippen LogP contribution in [0.25, 0.3) is 0 Å². The Kier molecular flexibility index (Phi) is 2.33. The van der Waals surface area contributed by atoms with Crippen molar-refractivity contribution >= 4 is 16.1 Å². The summed E-state index contributed by atoms with van der Waals surface area (Å²) in [7, 11) is 0. The zero-order valence-electron chi connectivity index (χ0n) is 6.59. The standard InChI is InChI=1S/C9H10BrNO/c10-11-8-5-7-3-1-2-4-9(7)12-6-8/h1-4,8,11H,5-6H2. The van der Waals surface area contributed by atoms with Crippen LogP contribution in [0.5, 0.6) is 5.75 Å². The van der Waals surface area contributed by atoms with Gasteiger partial charge in [0.2, 0.25) is 0 Å². The van der Waals surface area contributed by atoms with Gasteiger partial charge in [0, 0.05) is 16.1 Å². The van der Waals surface area contributed by atoms with Crippen LogP contribution >= 0.6 is 16.1 Å². The number of para-hydroxylation sites is 1. The molecule has 2 nitrogen and oxygen atoms in total. The third kappa shape index (κ3) is 1.47. The fourth-order valence-electron chi connectivity index (χ4n) is 1.40. The second-order valence-electron chi connectivity index (χ2n) is 2.93. The number of rotatable bonds is 1. The fourth-order valence-corrected chi connectivity index (χ4v) is 1.69. The summed E-state index contributed by atoms with van der Waals surface area (Å²) in [5.41, 5.74) is 1.28. The Labute approximate surface area is 80.3 Å². The van der Waals surface area contributed by atoms with E-state index in [0.717, 1.165) is 18.8 Å². The van der Waals surface area contributed by atoms with Crippen molar-refractivity contribution in [3.63, 3.8) is 0 Å². The van der Waals surface area contributed by atoms with Crippen LogP contribution in [0, 0.1) is 0 Å². The Morgan fingerprint density at radius 1 is 1.42 bits per heavy atom. The van der Waals surface area contributed by atoms with Crippen molar-refractivity contribution in [2.24, 2.45) is 0 Å². The molecule has 0 spiro atoms. The van der Waals surface area contributed by atoms with Crippen LogP contribution in [0.2, 0.25) is 0 Å². The van der Waals surface area contributed by atoms with Crippen molar-refractivity contribution in [2.75, 3.05) is 6.61 Å². The van der Waals surface area contributed by atoms with Gasteiger partial charge >= 0.3 is 0 Å². The maximum absolute atomic E-state index is 5.53. The highest BCUT2D eigenvalue weighted by Crippen LogP contribution is 2.23. The van der Waals surface area contributed by atoms with Crippen LogP contribution < -0.4 is 9.08 Å². The molecule has 1 aromatic carbocycles. The topological polar surface area (TPSA) is 21.3 Å². The van der Waals surface area contributed by atoms with Gasteiger partial charge in [0.15, 0.2) is 0 Å². The Morgan fingerprint density at radius 2 is 2.25 bits per heavy atom. The lowest BCUT2D eigenvalue weighted by molar-refractivity contribution is 0.257. The van der Waals surface area contributed by atoms with Gasteiger partial charge in [-0.25, -0.2) is 4.34 Å². The molecule has 1 N–H and O–H groups in total. The first-order valence-corrected chi connectivity index (χ1v) is 4.76. The fraction of sp³-hybridized carbons (Fsp3) is 0.333. The van der Waals surface area contributed by atoms with Gasteiger partial charge in [0.05, 0.1) is 6.04 Å². The summed E-state index contributed by atoms with van der Waals surface area (Å²) >= 11 is 3.23. The minimum atomic E-state index is 0.389. The highest BCUT2D eigenvalue weighted by molar-refractivity contribution is 9.08. The number of hydrogen-bond donors (Lipinski definition) is 1. The predicted octanol–water partition coefficient (Wildman–Crippen LogP) is 1.89. The lowest BCUT2D eigenvalue weighted by Crippen LogP contribution is -2.33. The van der Waals surface area contributed by atoms with Crippen molar-refractivity contribution in [2.45, 2.75) is 12.5 Å². The number of hydrogen-bond acceptors (Lipinski definition) is 2. The third-order valence-corrected chi connectivity index (χ3v) is 2.68. The molecule has 0 aliphatic carbocycles. The van der Waals surface area contributed by atoms with Crippen LogP contribution in [-0.2, 0) is 6.42 Å². The summed E-state index contributed by atoms with van der Waals surface area (Å²) in [5.74, 6) is 1.02. The molecule has 1 aromatic rings. The summed E-state index contributed by atoms with van der Waals surface area (Å²) in [4.78, 5) is 0. The Bertz CT molecular complexity index is 277. The minimum Gasteiger partial charge on any atom is -0.492 e. The zero-order valence-corrected chi connectivity index (χ0v) is 8.17. The average molecular weight is 228 g/mol. The zero-order chi connectivity index (χ0) is 8.39. The molecule has 0 saturated carbocycles. The second-order valence-corrected chi connectivity index (χ2v) is 3.39. The molecule has 0 radical (unpaired) electrons. The number of ether oxygens (including phenoxy) is 1. The molecule has 12 heavy (non-hydrogen) atoms. The second kappa shape index (κ2) is 3.46. The van der Waals surface area contributed by atoms with E-state index >= 15 is 0 Å². The molecule has 0 bridgehead atoms. The maximum Gasteiger partial charge on any atom is 0.122 e. The smallest absolute Gasteiger partial charge is 0.122 e. The molecule has 64 valence electrons. The van der Waals surface area contributed by atoms with Crippen molar-refractivity contribution in [1.29, 1.82) is 0 Å². The van der Waals surface area contributed by atoms with E-state index in [1.807, 2.05) is 18.2 Å². The highest BCUT2D eigenvalue weighted by atomic mass is 79.9. The van der Waals surface area contributed by atoms with Crippen molar-refractivity contribution < 1.29 is 4.74 Å². The molecule has 1 aliphatic heterocycles. The molecule has 2 rings (SSSR count). The van der Waals surface area contributed by atoms with E-state index < -0.39 is 0 Å². The van der Waals surface area contributed by atoms with Crippen LogP contribution in [0.4, 0.5) is 0 Å². The lowest BCUT2D eigenvalue weighted by Gasteiger charge is -2.23. The van der Waals surface area contributed by atoms with Crippen molar-refractivity contribution in [3.05, 3.63) is 29.8 Å². The van der Waals surface area contributed by atoms with Gasteiger partial charge in [-0.05, 0) is 18.1 Å². The molecular formula is C9H10BrNO. The van der Waals surface area contributed by atoms with E-state index in [2.05, 4.69) is 26.6 Å². The summed E-state index contributed by atoms with van der Waals surface area (Å²) in [5, 5.41) is 0. The molecule has 1 atom stereocenters. The van der Waals surface area contributed by atoms with Gasteiger partial charge in [-0.3, -0.25) is 0 Å². The van der Waals surface area contributed by atoms with Gasteiger partial charge in [-0.2, -0.15) is 0 Å². The largest absolute Gasteiger partial charge is 0.492 e. The SMILES string of the molecule is BrNC1COc2ccccc2C1.